The molecule has 0 aliphatic heterocycles. The average Bonchev–Trinajstić information content (AvgIpc) is 2.35. The van der Waals surface area contributed by atoms with Gasteiger partial charge in [0.1, 0.15) is 5.76 Å². The lowest BCUT2D eigenvalue weighted by atomic mass is 10.5. The van der Waals surface area contributed by atoms with E-state index in [9.17, 15) is 0 Å². The van der Waals surface area contributed by atoms with Gasteiger partial charge in [0, 0.05) is 5.75 Å². The zero-order valence-corrected chi connectivity index (χ0v) is 8.36. The molecule has 2 nitrogen and oxygen atoms in total. The molecule has 0 saturated heterocycles. The summed E-state index contributed by atoms with van der Waals surface area (Å²) in [5, 5.41) is 9.38. The van der Waals surface area contributed by atoms with Crippen LogP contribution in [0.1, 0.15) is 12.7 Å². The normalized spacial score (nSPS) is 13.2. The second-order valence-corrected chi connectivity index (χ2v) is 3.97. The highest BCUT2D eigenvalue weighted by atomic mass is 35.5. The summed E-state index contributed by atoms with van der Waals surface area (Å²) >= 11 is 7.20. The average molecular weight is 207 g/mol. The molecule has 0 aliphatic carbocycles. The van der Waals surface area contributed by atoms with E-state index in [0.717, 1.165) is 17.3 Å². The fraction of sp³-hybridized carbons (Fsp3) is 0.500. The van der Waals surface area contributed by atoms with Crippen molar-refractivity contribution in [2.75, 3.05) is 5.75 Å². The number of rotatable bonds is 4. The van der Waals surface area contributed by atoms with Gasteiger partial charge in [0.05, 0.1) is 11.9 Å². The SMILES string of the molecule is C[C@H](O)CSCc1ccc(Cl)o1. The Balaban J connectivity index is 2.24. The van der Waals surface area contributed by atoms with E-state index in [4.69, 9.17) is 21.1 Å². The smallest absolute Gasteiger partial charge is 0.193 e. The summed E-state index contributed by atoms with van der Waals surface area (Å²) in [4.78, 5) is 0. The first-order valence-electron chi connectivity index (χ1n) is 3.68. The van der Waals surface area contributed by atoms with Crippen LogP contribution in [-0.2, 0) is 5.75 Å². The number of hydrogen-bond acceptors (Lipinski definition) is 3. The van der Waals surface area contributed by atoms with Gasteiger partial charge in [-0.3, -0.25) is 0 Å². The molecule has 1 heterocycles. The number of halogens is 1. The van der Waals surface area contributed by atoms with Gasteiger partial charge in [-0.15, -0.1) is 0 Å². The van der Waals surface area contributed by atoms with Crippen LogP contribution in [-0.4, -0.2) is 17.0 Å². The minimum absolute atomic E-state index is 0.263. The van der Waals surface area contributed by atoms with Gasteiger partial charge < -0.3 is 9.52 Å². The Morgan fingerprint density at radius 2 is 2.42 bits per heavy atom. The third kappa shape index (κ3) is 3.52. The van der Waals surface area contributed by atoms with Crippen molar-refractivity contribution in [3.8, 4) is 0 Å². The van der Waals surface area contributed by atoms with Crippen molar-refractivity contribution in [3.63, 3.8) is 0 Å². The summed E-state index contributed by atoms with van der Waals surface area (Å²) < 4.78 is 5.13. The number of aliphatic hydroxyl groups excluding tert-OH is 1. The molecule has 0 unspecified atom stereocenters. The quantitative estimate of drug-likeness (QED) is 0.822. The molecule has 0 aliphatic rings. The van der Waals surface area contributed by atoms with Crippen LogP contribution in [0.5, 0.6) is 0 Å². The molecule has 1 N–H and O–H groups in total. The third-order valence-corrected chi connectivity index (χ3v) is 2.64. The molecular formula is C8H11ClO2S. The van der Waals surface area contributed by atoms with Crippen LogP contribution < -0.4 is 0 Å². The van der Waals surface area contributed by atoms with Gasteiger partial charge in [-0.1, -0.05) is 0 Å². The molecule has 0 bridgehead atoms. The van der Waals surface area contributed by atoms with E-state index >= 15 is 0 Å². The summed E-state index contributed by atoms with van der Waals surface area (Å²) in [6.07, 6.45) is -0.263. The minimum Gasteiger partial charge on any atom is -0.449 e. The predicted molar refractivity (Wildman–Crippen MR) is 51.6 cm³/mol. The highest BCUT2D eigenvalue weighted by Gasteiger charge is 2.01. The molecule has 0 aromatic carbocycles. The van der Waals surface area contributed by atoms with Crippen LogP contribution in [0.4, 0.5) is 0 Å². The third-order valence-electron chi connectivity index (χ3n) is 1.23. The Bertz CT molecular complexity index is 235. The van der Waals surface area contributed by atoms with Gasteiger partial charge in [-0.25, -0.2) is 0 Å². The van der Waals surface area contributed by atoms with Crippen LogP contribution in [0.25, 0.3) is 0 Å². The van der Waals surface area contributed by atoms with Crippen LogP contribution in [0.2, 0.25) is 5.22 Å². The lowest BCUT2D eigenvalue weighted by Gasteiger charge is -2.00. The summed E-state index contributed by atoms with van der Waals surface area (Å²) in [7, 11) is 0. The van der Waals surface area contributed by atoms with Gasteiger partial charge in [0.25, 0.3) is 0 Å². The van der Waals surface area contributed by atoms with E-state index in [0.29, 0.717) is 5.22 Å². The van der Waals surface area contributed by atoms with Crippen LogP contribution in [0, 0.1) is 0 Å². The van der Waals surface area contributed by atoms with Gasteiger partial charge in [0.15, 0.2) is 5.22 Å². The predicted octanol–water partition coefficient (Wildman–Crippen LogP) is 2.55. The molecule has 1 rings (SSSR count). The van der Waals surface area contributed by atoms with Crippen LogP contribution >= 0.6 is 23.4 Å². The summed E-state index contributed by atoms with van der Waals surface area (Å²) in [6.45, 7) is 1.77. The van der Waals surface area contributed by atoms with Gasteiger partial charge in [0.2, 0.25) is 0 Å². The monoisotopic (exact) mass is 206 g/mol. The van der Waals surface area contributed by atoms with Crippen molar-refractivity contribution in [3.05, 3.63) is 23.1 Å². The largest absolute Gasteiger partial charge is 0.449 e. The molecule has 68 valence electrons. The maximum absolute atomic E-state index is 8.96. The fourth-order valence-electron chi connectivity index (χ4n) is 0.759. The summed E-state index contributed by atoms with van der Waals surface area (Å²) in [5.74, 6) is 2.33. The second-order valence-electron chi connectivity index (χ2n) is 2.57. The van der Waals surface area contributed by atoms with E-state index in [-0.39, 0.29) is 6.10 Å². The molecule has 0 fully saturated rings. The van der Waals surface area contributed by atoms with Crippen molar-refractivity contribution in [2.24, 2.45) is 0 Å². The Morgan fingerprint density at radius 1 is 1.67 bits per heavy atom. The maximum Gasteiger partial charge on any atom is 0.193 e. The first-order valence-corrected chi connectivity index (χ1v) is 5.22. The Hall–Kier alpha value is -0.120. The van der Waals surface area contributed by atoms with Crippen molar-refractivity contribution >= 4 is 23.4 Å². The zero-order valence-electron chi connectivity index (χ0n) is 6.79. The molecule has 0 amide bonds. The molecule has 4 heteroatoms. The Kier molecular flexibility index (Phi) is 3.98. The van der Waals surface area contributed by atoms with E-state index in [1.807, 2.05) is 6.07 Å². The first kappa shape index (κ1) is 9.96. The first-order chi connectivity index (χ1) is 5.68. The van der Waals surface area contributed by atoms with E-state index in [1.54, 1.807) is 24.8 Å². The molecule has 0 saturated carbocycles. The minimum atomic E-state index is -0.263. The van der Waals surface area contributed by atoms with Crippen molar-refractivity contribution in [2.45, 2.75) is 18.8 Å². The molecular weight excluding hydrogens is 196 g/mol. The lowest BCUT2D eigenvalue weighted by Crippen LogP contribution is -2.02. The number of aliphatic hydroxyl groups is 1. The molecule has 0 radical (unpaired) electrons. The van der Waals surface area contributed by atoms with Crippen molar-refractivity contribution in [1.82, 2.24) is 0 Å². The maximum atomic E-state index is 8.96. The molecule has 1 aromatic heterocycles. The number of hydrogen-bond donors (Lipinski definition) is 1. The second kappa shape index (κ2) is 4.80. The standard InChI is InChI=1S/C8H11ClO2S/c1-6(10)4-12-5-7-2-3-8(9)11-7/h2-3,6,10H,4-5H2,1H3/t6-/m0/s1. The lowest BCUT2D eigenvalue weighted by molar-refractivity contribution is 0.220. The summed E-state index contributed by atoms with van der Waals surface area (Å²) in [5.41, 5.74) is 0. The van der Waals surface area contributed by atoms with Crippen molar-refractivity contribution < 1.29 is 9.52 Å². The highest BCUT2D eigenvalue weighted by Crippen LogP contribution is 2.18. The molecule has 12 heavy (non-hydrogen) atoms. The number of furan rings is 1. The van der Waals surface area contributed by atoms with Gasteiger partial charge >= 0.3 is 0 Å². The van der Waals surface area contributed by atoms with E-state index in [1.165, 1.54) is 0 Å². The Labute approximate surface area is 80.9 Å². The fourth-order valence-corrected chi connectivity index (χ4v) is 1.74. The molecule has 1 aromatic rings. The molecule has 0 spiro atoms. The molecule has 1 atom stereocenters. The topological polar surface area (TPSA) is 33.4 Å². The zero-order chi connectivity index (χ0) is 8.97. The van der Waals surface area contributed by atoms with Crippen molar-refractivity contribution in [1.29, 1.82) is 0 Å². The van der Waals surface area contributed by atoms with Gasteiger partial charge in [-0.2, -0.15) is 11.8 Å². The highest BCUT2D eigenvalue weighted by molar-refractivity contribution is 7.98. The Morgan fingerprint density at radius 3 is 2.92 bits per heavy atom. The van der Waals surface area contributed by atoms with Crippen LogP contribution in [0.15, 0.2) is 16.5 Å². The van der Waals surface area contributed by atoms with Gasteiger partial charge in [-0.05, 0) is 30.7 Å². The number of thioether (sulfide) groups is 1. The van der Waals surface area contributed by atoms with E-state index < -0.39 is 0 Å². The van der Waals surface area contributed by atoms with E-state index in [2.05, 4.69) is 0 Å². The summed E-state index contributed by atoms with van der Waals surface area (Å²) in [6, 6.07) is 3.57. The van der Waals surface area contributed by atoms with Crippen LogP contribution in [0.3, 0.4) is 0 Å².